The first kappa shape index (κ1) is 13.6. The number of hydrogen-bond acceptors (Lipinski definition) is 1. The lowest BCUT2D eigenvalue weighted by Crippen LogP contribution is -2.22. The molecule has 0 aromatic heterocycles. The summed E-state index contributed by atoms with van der Waals surface area (Å²) < 4.78 is 1.28. The van der Waals surface area contributed by atoms with Crippen molar-refractivity contribution in [2.24, 2.45) is 0 Å². The highest BCUT2D eigenvalue weighted by Gasteiger charge is 2.10. The Hall–Kier alpha value is -0.870. The number of benzene rings is 2. The van der Waals surface area contributed by atoms with E-state index >= 15 is 0 Å². The molecule has 0 radical (unpaired) electrons. The second-order valence-electron chi connectivity index (χ2n) is 4.57. The number of hydrogen-bond donors (Lipinski definition) is 1. The normalized spacial score (nSPS) is 14.2. The van der Waals surface area contributed by atoms with Crippen LogP contribution in [-0.4, -0.2) is 0 Å². The fourth-order valence-corrected chi connectivity index (χ4v) is 2.42. The molecule has 2 atom stereocenters. The monoisotopic (exact) mass is 351 g/mol. The fourth-order valence-electron chi connectivity index (χ4n) is 2.06. The number of nitrogens with one attached hydrogen (secondary N) is 1. The highest BCUT2D eigenvalue weighted by molar-refractivity contribution is 14.1. The lowest BCUT2D eigenvalue weighted by molar-refractivity contribution is 0.494. The molecule has 1 nitrogen and oxygen atoms in total. The van der Waals surface area contributed by atoms with E-state index in [0.29, 0.717) is 12.1 Å². The molecule has 2 aromatic carbocycles. The van der Waals surface area contributed by atoms with Crippen molar-refractivity contribution < 1.29 is 0 Å². The van der Waals surface area contributed by atoms with Crippen LogP contribution in [0.25, 0.3) is 0 Å². The van der Waals surface area contributed by atoms with Gasteiger partial charge < -0.3 is 5.32 Å². The highest BCUT2D eigenvalue weighted by atomic mass is 127. The Morgan fingerprint density at radius 1 is 0.778 bits per heavy atom. The fraction of sp³-hybridized carbons (Fsp3) is 0.250. The lowest BCUT2D eigenvalue weighted by atomic mass is 10.0. The van der Waals surface area contributed by atoms with Crippen molar-refractivity contribution in [1.29, 1.82) is 0 Å². The summed E-state index contributed by atoms with van der Waals surface area (Å²) in [6.07, 6.45) is 0. The molecule has 0 bridgehead atoms. The van der Waals surface area contributed by atoms with Gasteiger partial charge >= 0.3 is 0 Å². The van der Waals surface area contributed by atoms with Crippen molar-refractivity contribution in [3.05, 3.63) is 69.3 Å². The third kappa shape index (κ3) is 3.56. The zero-order valence-corrected chi connectivity index (χ0v) is 12.9. The minimum absolute atomic E-state index is 0.359. The Morgan fingerprint density at radius 2 is 1.28 bits per heavy atom. The summed E-state index contributed by atoms with van der Waals surface area (Å²) >= 11 is 2.33. The summed E-state index contributed by atoms with van der Waals surface area (Å²) in [5, 5.41) is 3.63. The van der Waals surface area contributed by atoms with E-state index in [1.165, 1.54) is 14.7 Å². The van der Waals surface area contributed by atoms with Gasteiger partial charge in [-0.3, -0.25) is 0 Å². The van der Waals surface area contributed by atoms with Crippen molar-refractivity contribution in [1.82, 2.24) is 5.32 Å². The maximum absolute atomic E-state index is 3.63. The van der Waals surface area contributed by atoms with Crippen LogP contribution in [0.3, 0.4) is 0 Å². The first-order chi connectivity index (χ1) is 8.66. The van der Waals surface area contributed by atoms with Crippen LogP contribution in [-0.2, 0) is 0 Å². The molecule has 0 saturated carbocycles. The smallest absolute Gasteiger partial charge is 0.0297 e. The van der Waals surface area contributed by atoms with Crippen LogP contribution in [0.4, 0.5) is 0 Å². The van der Waals surface area contributed by atoms with Crippen LogP contribution in [0.1, 0.15) is 37.1 Å². The molecule has 0 saturated heterocycles. The second kappa shape index (κ2) is 6.34. The topological polar surface area (TPSA) is 12.0 Å². The molecule has 1 unspecified atom stereocenters. The average molecular weight is 351 g/mol. The Kier molecular flexibility index (Phi) is 4.78. The third-order valence-electron chi connectivity index (χ3n) is 3.17. The summed E-state index contributed by atoms with van der Waals surface area (Å²) in [6, 6.07) is 20.0. The highest BCUT2D eigenvalue weighted by Crippen LogP contribution is 2.19. The third-order valence-corrected chi connectivity index (χ3v) is 3.89. The van der Waals surface area contributed by atoms with Gasteiger partial charge in [0.05, 0.1) is 0 Å². The van der Waals surface area contributed by atoms with Gasteiger partial charge in [-0.15, -0.1) is 0 Å². The van der Waals surface area contributed by atoms with Gasteiger partial charge in [0.25, 0.3) is 0 Å². The molecule has 1 N–H and O–H groups in total. The van der Waals surface area contributed by atoms with Gasteiger partial charge in [0, 0.05) is 15.7 Å². The van der Waals surface area contributed by atoms with Gasteiger partial charge in [0.2, 0.25) is 0 Å². The van der Waals surface area contributed by atoms with Gasteiger partial charge in [-0.05, 0) is 59.7 Å². The zero-order chi connectivity index (χ0) is 13.0. The van der Waals surface area contributed by atoms with E-state index in [1.807, 2.05) is 0 Å². The SMILES string of the molecule is CC(N[C@H](C)c1ccccc1)c1ccc(I)cc1. The van der Waals surface area contributed by atoms with Crippen LogP contribution in [0, 0.1) is 3.57 Å². The van der Waals surface area contributed by atoms with Gasteiger partial charge in [0.1, 0.15) is 0 Å². The van der Waals surface area contributed by atoms with Crippen molar-refractivity contribution in [2.45, 2.75) is 25.9 Å². The van der Waals surface area contributed by atoms with Gasteiger partial charge in [-0.25, -0.2) is 0 Å². The van der Waals surface area contributed by atoms with Gasteiger partial charge in [-0.2, -0.15) is 0 Å². The van der Waals surface area contributed by atoms with E-state index in [2.05, 4.69) is 96.4 Å². The van der Waals surface area contributed by atoms with Crippen LogP contribution >= 0.6 is 22.6 Å². The van der Waals surface area contributed by atoms with Crippen LogP contribution in [0.5, 0.6) is 0 Å². The maximum atomic E-state index is 3.63. The number of halogens is 1. The minimum Gasteiger partial charge on any atom is -0.304 e. The van der Waals surface area contributed by atoms with E-state index in [-0.39, 0.29) is 0 Å². The van der Waals surface area contributed by atoms with Crippen molar-refractivity contribution in [3.63, 3.8) is 0 Å². The molecular formula is C16H18IN. The molecule has 0 fully saturated rings. The zero-order valence-electron chi connectivity index (χ0n) is 10.7. The van der Waals surface area contributed by atoms with Crippen molar-refractivity contribution in [3.8, 4) is 0 Å². The predicted octanol–water partition coefficient (Wildman–Crippen LogP) is 4.70. The average Bonchev–Trinajstić information content (AvgIpc) is 2.40. The Balaban J connectivity index is 2.03. The summed E-state index contributed by atoms with van der Waals surface area (Å²) in [7, 11) is 0. The summed E-state index contributed by atoms with van der Waals surface area (Å²) in [5.74, 6) is 0. The molecule has 0 aliphatic heterocycles. The molecule has 2 heteroatoms. The second-order valence-corrected chi connectivity index (χ2v) is 5.82. The molecular weight excluding hydrogens is 333 g/mol. The lowest BCUT2D eigenvalue weighted by Gasteiger charge is -2.20. The molecule has 2 rings (SSSR count). The van der Waals surface area contributed by atoms with Crippen LogP contribution in [0.15, 0.2) is 54.6 Å². The molecule has 18 heavy (non-hydrogen) atoms. The van der Waals surface area contributed by atoms with E-state index in [1.54, 1.807) is 0 Å². The van der Waals surface area contributed by atoms with Crippen molar-refractivity contribution in [2.75, 3.05) is 0 Å². The first-order valence-electron chi connectivity index (χ1n) is 6.23. The Labute approximate surface area is 123 Å². The summed E-state index contributed by atoms with van der Waals surface area (Å²) in [6.45, 7) is 4.42. The van der Waals surface area contributed by atoms with Gasteiger partial charge in [0.15, 0.2) is 0 Å². The predicted molar refractivity (Wildman–Crippen MR) is 85.6 cm³/mol. The van der Waals surface area contributed by atoms with Gasteiger partial charge in [-0.1, -0.05) is 42.5 Å². The van der Waals surface area contributed by atoms with Crippen LogP contribution < -0.4 is 5.32 Å². The molecule has 2 aromatic rings. The Bertz CT molecular complexity index is 478. The molecule has 0 aliphatic rings. The molecule has 0 amide bonds. The molecule has 0 heterocycles. The van der Waals surface area contributed by atoms with E-state index < -0.39 is 0 Å². The summed E-state index contributed by atoms with van der Waals surface area (Å²) in [5.41, 5.74) is 2.66. The molecule has 94 valence electrons. The maximum Gasteiger partial charge on any atom is 0.0297 e. The first-order valence-corrected chi connectivity index (χ1v) is 7.31. The number of rotatable bonds is 4. The standard InChI is InChI=1S/C16H18IN/c1-12(14-6-4-3-5-7-14)18-13(2)15-8-10-16(17)11-9-15/h3-13,18H,1-2H3/t12-,13?/m1/s1. The largest absolute Gasteiger partial charge is 0.304 e. The van der Waals surface area contributed by atoms with E-state index in [0.717, 1.165) is 0 Å². The molecule has 0 spiro atoms. The molecule has 0 aliphatic carbocycles. The summed E-state index contributed by atoms with van der Waals surface area (Å²) in [4.78, 5) is 0. The van der Waals surface area contributed by atoms with E-state index in [9.17, 15) is 0 Å². The minimum atomic E-state index is 0.359. The Morgan fingerprint density at radius 3 is 1.83 bits per heavy atom. The van der Waals surface area contributed by atoms with E-state index in [4.69, 9.17) is 0 Å². The van der Waals surface area contributed by atoms with Crippen LogP contribution in [0.2, 0.25) is 0 Å². The van der Waals surface area contributed by atoms with Crippen molar-refractivity contribution >= 4 is 22.6 Å². The quantitative estimate of drug-likeness (QED) is 0.787.